The van der Waals surface area contributed by atoms with Crippen LogP contribution in [-0.2, 0) is 0 Å². The van der Waals surface area contributed by atoms with Crippen LogP contribution < -0.4 is 4.74 Å². The van der Waals surface area contributed by atoms with Gasteiger partial charge in [-0.15, -0.1) is 20.4 Å². The zero-order valence-electron chi connectivity index (χ0n) is 12.1. The van der Waals surface area contributed by atoms with E-state index in [1.54, 1.807) is 0 Å². The zero-order chi connectivity index (χ0) is 18.0. The standard InChI is InChI=1S/C15H6F4N4O2/c16-9-5-10(17)12(19)13(11(9)18)25-15(24)8-3-1-7(2-4-8)14-22-20-6-21-23-14/h1-6H. The molecular formula is C15H6F4N4O2. The van der Waals surface area contributed by atoms with Gasteiger partial charge >= 0.3 is 5.97 Å². The summed E-state index contributed by atoms with van der Waals surface area (Å²) in [5.41, 5.74) is 0.343. The van der Waals surface area contributed by atoms with E-state index in [0.717, 1.165) is 6.33 Å². The number of halogens is 4. The Morgan fingerprint density at radius 2 is 1.44 bits per heavy atom. The third-order valence-electron chi connectivity index (χ3n) is 3.05. The summed E-state index contributed by atoms with van der Waals surface area (Å²) in [6, 6.07) is 5.33. The van der Waals surface area contributed by atoms with Gasteiger partial charge in [0.05, 0.1) is 5.56 Å². The van der Waals surface area contributed by atoms with Gasteiger partial charge in [0.25, 0.3) is 0 Å². The molecule has 0 fully saturated rings. The molecule has 1 heterocycles. The van der Waals surface area contributed by atoms with E-state index in [1.165, 1.54) is 24.3 Å². The molecule has 0 atom stereocenters. The minimum absolute atomic E-state index is 0.0126. The van der Waals surface area contributed by atoms with Gasteiger partial charge in [0.1, 0.15) is 0 Å². The maximum atomic E-state index is 13.5. The summed E-state index contributed by atoms with van der Waals surface area (Å²) in [6.45, 7) is 0. The number of benzene rings is 2. The van der Waals surface area contributed by atoms with Gasteiger partial charge in [-0.3, -0.25) is 0 Å². The molecule has 0 radical (unpaired) electrons. The molecule has 0 saturated carbocycles. The van der Waals surface area contributed by atoms with Gasteiger partial charge in [-0.25, -0.2) is 13.6 Å². The van der Waals surface area contributed by atoms with Crippen molar-refractivity contribution in [2.45, 2.75) is 0 Å². The van der Waals surface area contributed by atoms with E-state index in [1.807, 2.05) is 0 Å². The molecule has 0 unspecified atom stereocenters. The molecule has 0 aliphatic carbocycles. The van der Waals surface area contributed by atoms with E-state index in [4.69, 9.17) is 0 Å². The number of nitrogens with zero attached hydrogens (tertiary/aromatic N) is 4. The van der Waals surface area contributed by atoms with E-state index in [9.17, 15) is 22.4 Å². The van der Waals surface area contributed by atoms with Crippen LogP contribution in [0.4, 0.5) is 17.6 Å². The van der Waals surface area contributed by atoms with Crippen molar-refractivity contribution in [1.29, 1.82) is 0 Å². The van der Waals surface area contributed by atoms with Crippen LogP contribution in [0.2, 0.25) is 0 Å². The van der Waals surface area contributed by atoms with E-state index < -0.39 is 35.0 Å². The summed E-state index contributed by atoms with van der Waals surface area (Å²) in [5.74, 6) is -9.45. The van der Waals surface area contributed by atoms with E-state index in [-0.39, 0.29) is 17.5 Å². The van der Waals surface area contributed by atoms with Crippen molar-refractivity contribution >= 4 is 5.97 Å². The molecule has 25 heavy (non-hydrogen) atoms. The molecule has 0 amide bonds. The molecule has 3 rings (SSSR count). The fourth-order valence-electron chi connectivity index (χ4n) is 1.87. The fourth-order valence-corrected chi connectivity index (χ4v) is 1.87. The van der Waals surface area contributed by atoms with Crippen LogP contribution in [0.1, 0.15) is 10.4 Å². The number of carbonyl (C=O) groups is 1. The fraction of sp³-hybridized carbons (Fsp3) is 0. The Kier molecular flexibility index (Phi) is 4.33. The predicted molar refractivity (Wildman–Crippen MR) is 74.3 cm³/mol. The second-order valence-corrected chi connectivity index (χ2v) is 4.63. The summed E-state index contributed by atoms with van der Waals surface area (Å²) in [5, 5.41) is 14.5. The largest absolute Gasteiger partial charge is 0.416 e. The molecule has 0 N–H and O–H groups in total. The molecule has 10 heteroatoms. The highest BCUT2D eigenvalue weighted by Gasteiger charge is 2.23. The van der Waals surface area contributed by atoms with E-state index in [0.29, 0.717) is 5.56 Å². The first-order valence-corrected chi connectivity index (χ1v) is 6.63. The Hall–Kier alpha value is -3.43. The number of hydrogen-bond donors (Lipinski definition) is 0. The normalized spacial score (nSPS) is 10.6. The zero-order valence-corrected chi connectivity index (χ0v) is 12.1. The van der Waals surface area contributed by atoms with Gasteiger partial charge in [-0.2, -0.15) is 8.78 Å². The molecule has 1 aromatic heterocycles. The van der Waals surface area contributed by atoms with Crippen LogP contribution in [0.25, 0.3) is 11.4 Å². The lowest BCUT2D eigenvalue weighted by molar-refractivity contribution is 0.0717. The lowest BCUT2D eigenvalue weighted by Crippen LogP contribution is -2.12. The minimum Gasteiger partial charge on any atom is -0.416 e. The van der Waals surface area contributed by atoms with Gasteiger partial charge in [0.15, 0.2) is 18.0 Å². The third-order valence-corrected chi connectivity index (χ3v) is 3.05. The quantitative estimate of drug-likeness (QED) is 0.313. The van der Waals surface area contributed by atoms with Crippen LogP contribution in [-0.4, -0.2) is 26.4 Å². The van der Waals surface area contributed by atoms with Crippen LogP contribution in [0.15, 0.2) is 36.7 Å². The van der Waals surface area contributed by atoms with Crippen molar-refractivity contribution in [1.82, 2.24) is 20.4 Å². The van der Waals surface area contributed by atoms with Crippen LogP contribution in [0.3, 0.4) is 0 Å². The highest BCUT2D eigenvalue weighted by Crippen LogP contribution is 2.27. The summed E-state index contributed by atoms with van der Waals surface area (Å²) in [7, 11) is 0. The molecule has 0 aliphatic heterocycles. The molecule has 3 aromatic rings. The van der Waals surface area contributed by atoms with Crippen molar-refractivity contribution in [3.63, 3.8) is 0 Å². The third kappa shape index (κ3) is 3.27. The van der Waals surface area contributed by atoms with Crippen molar-refractivity contribution in [3.8, 4) is 17.1 Å². The van der Waals surface area contributed by atoms with Crippen LogP contribution in [0.5, 0.6) is 5.75 Å². The SMILES string of the molecule is O=C(Oc1c(F)c(F)cc(F)c1F)c1ccc(-c2nncnn2)cc1. The van der Waals surface area contributed by atoms with Gasteiger partial charge in [-0.1, -0.05) is 12.1 Å². The average molecular weight is 350 g/mol. The van der Waals surface area contributed by atoms with Gasteiger partial charge in [0.2, 0.25) is 23.2 Å². The average Bonchev–Trinajstić information content (AvgIpc) is 2.64. The minimum atomic E-state index is -1.81. The highest BCUT2D eigenvalue weighted by atomic mass is 19.2. The number of aromatic nitrogens is 4. The molecule has 2 aromatic carbocycles. The maximum Gasteiger partial charge on any atom is 0.343 e. The Balaban J connectivity index is 1.85. The molecule has 0 bridgehead atoms. The Morgan fingerprint density at radius 3 is 2.00 bits per heavy atom. The lowest BCUT2D eigenvalue weighted by atomic mass is 10.1. The number of hydrogen-bond acceptors (Lipinski definition) is 6. The number of esters is 1. The molecule has 126 valence electrons. The van der Waals surface area contributed by atoms with Crippen LogP contribution in [0, 0.1) is 23.3 Å². The topological polar surface area (TPSA) is 77.9 Å². The van der Waals surface area contributed by atoms with Crippen molar-refractivity contribution in [3.05, 3.63) is 65.5 Å². The van der Waals surface area contributed by atoms with Crippen LogP contribution >= 0.6 is 0 Å². The van der Waals surface area contributed by atoms with Crippen molar-refractivity contribution in [2.75, 3.05) is 0 Å². The highest BCUT2D eigenvalue weighted by molar-refractivity contribution is 5.91. The van der Waals surface area contributed by atoms with E-state index in [2.05, 4.69) is 25.1 Å². The molecule has 0 spiro atoms. The Bertz CT molecular complexity index is 910. The predicted octanol–water partition coefficient (Wildman–Crippen LogP) is 2.71. The summed E-state index contributed by atoms with van der Waals surface area (Å²) >= 11 is 0. The Morgan fingerprint density at radius 1 is 0.880 bits per heavy atom. The second-order valence-electron chi connectivity index (χ2n) is 4.63. The van der Waals surface area contributed by atoms with Gasteiger partial charge in [-0.05, 0) is 12.1 Å². The Labute approximate surface area is 137 Å². The monoisotopic (exact) mass is 350 g/mol. The lowest BCUT2D eigenvalue weighted by Gasteiger charge is -2.08. The van der Waals surface area contributed by atoms with Gasteiger partial charge < -0.3 is 4.74 Å². The van der Waals surface area contributed by atoms with E-state index >= 15 is 0 Å². The molecule has 6 nitrogen and oxygen atoms in total. The van der Waals surface area contributed by atoms with Crippen molar-refractivity contribution in [2.24, 2.45) is 0 Å². The number of carbonyl (C=O) groups excluding carboxylic acids is 1. The first-order valence-electron chi connectivity index (χ1n) is 6.63. The number of rotatable bonds is 3. The maximum absolute atomic E-state index is 13.5. The van der Waals surface area contributed by atoms with Gasteiger partial charge in [0, 0.05) is 11.6 Å². The molecular weight excluding hydrogens is 344 g/mol. The summed E-state index contributed by atoms with van der Waals surface area (Å²) in [4.78, 5) is 11.9. The first kappa shape index (κ1) is 16.4. The summed E-state index contributed by atoms with van der Waals surface area (Å²) < 4.78 is 57.7. The van der Waals surface area contributed by atoms with Crippen molar-refractivity contribution < 1.29 is 27.1 Å². The summed E-state index contributed by atoms with van der Waals surface area (Å²) in [6.07, 6.45) is 1.14. The second kappa shape index (κ2) is 6.59. The molecule has 0 saturated heterocycles. The molecule has 0 aliphatic rings. The first-order chi connectivity index (χ1) is 12.0. The number of ether oxygens (including phenoxy) is 1. The smallest absolute Gasteiger partial charge is 0.343 e.